The third-order valence-electron chi connectivity index (χ3n) is 2.64. The first kappa shape index (κ1) is 16.1. The second kappa shape index (κ2) is 5.58. The first-order chi connectivity index (χ1) is 7.11. The normalized spacial score (nSPS) is 13.9. The summed E-state index contributed by atoms with van der Waals surface area (Å²) in [6, 6.07) is 10.6. The van der Waals surface area contributed by atoms with Crippen molar-refractivity contribution in [3.8, 4) is 0 Å². The number of hydrogen-bond acceptors (Lipinski definition) is 0. The molecule has 16 heavy (non-hydrogen) atoms. The van der Waals surface area contributed by atoms with Gasteiger partial charge in [0, 0.05) is 5.04 Å². The fourth-order valence-corrected chi connectivity index (χ4v) is 19.9. The number of halogens is 5. The minimum absolute atomic E-state index is 0.0665. The van der Waals surface area contributed by atoms with Gasteiger partial charge in [-0.15, -0.1) is 30.6 Å². The zero-order valence-electron chi connectivity index (χ0n) is 8.78. The Kier molecular flexibility index (Phi) is 5.62. The van der Waals surface area contributed by atoms with Gasteiger partial charge in [-0.1, -0.05) is 90.1 Å². The second-order valence-electron chi connectivity index (χ2n) is 4.06. The summed E-state index contributed by atoms with van der Waals surface area (Å²) in [6.07, 6.45) is 0. The van der Waals surface area contributed by atoms with Gasteiger partial charge in [0.1, 0.15) is 0 Å². The number of rotatable bonds is 3. The highest BCUT2D eigenvalue weighted by Gasteiger charge is 2.59. The smallest absolute Gasteiger partial charge is 0.110 e. The van der Waals surface area contributed by atoms with Crippen LogP contribution in [0.25, 0.3) is 0 Å². The third kappa shape index (κ3) is 3.14. The molecule has 1 aromatic rings. The van der Waals surface area contributed by atoms with Crippen LogP contribution in [0.3, 0.4) is 0 Å². The van der Waals surface area contributed by atoms with Gasteiger partial charge in [-0.3, -0.25) is 0 Å². The maximum Gasteiger partial charge on any atom is 0.279 e. The van der Waals surface area contributed by atoms with Gasteiger partial charge >= 0.3 is 0 Å². The van der Waals surface area contributed by atoms with Gasteiger partial charge in [-0.05, 0) is 5.56 Å². The molecule has 0 aliphatic rings. The van der Waals surface area contributed by atoms with E-state index < -0.39 is 8.28 Å². The van der Waals surface area contributed by atoms with Gasteiger partial charge in [0.2, 0.25) is 4.83 Å². The van der Waals surface area contributed by atoms with Crippen LogP contribution in [0.4, 0.5) is 0 Å². The summed E-state index contributed by atoms with van der Waals surface area (Å²) in [5, 5.41) is 0.0665. The summed E-state index contributed by atoms with van der Waals surface area (Å²) in [5.74, 6) is 0. The monoisotopic (exact) mass is 570 g/mol. The lowest BCUT2D eigenvalue weighted by molar-refractivity contribution is 0.754. The molecule has 0 aromatic heterocycles. The first-order valence-electron chi connectivity index (χ1n) is 4.61. The van der Waals surface area contributed by atoms with E-state index in [-0.39, 0.29) is 5.04 Å². The van der Waals surface area contributed by atoms with Gasteiger partial charge in [-0.25, -0.2) is 0 Å². The summed E-state index contributed by atoms with van der Waals surface area (Å²) in [6.45, 7) is 4.53. The minimum Gasteiger partial charge on any atom is -0.110 e. The molecule has 0 spiro atoms. The van der Waals surface area contributed by atoms with E-state index in [1.54, 1.807) is 0 Å². The van der Waals surface area contributed by atoms with Crippen molar-refractivity contribution < 1.29 is 0 Å². The predicted molar refractivity (Wildman–Crippen MR) is 95.6 cm³/mol. The van der Waals surface area contributed by atoms with Crippen molar-refractivity contribution in [1.29, 1.82) is 0 Å². The van der Waals surface area contributed by atoms with Crippen molar-refractivity contribution >= 4 is 84.7 Å². The second-order valence-corrected chi connectivity index (χ2v) is 53.5. The molecule has 0 unspecified atom stereocenters. The molecule has 0 saturated heterocycles. The largest absolute Gasteiger partial charge is 0.279 e. The Hall–Kier alpha value is 2.05. The SMILES string of the molecule is CC(C)(c1ccccc1)[Si](Br)(Br)[Si](Br)(Br)Br. The third-order valence-corrected chi connectivity index (χ3v) is 70.7. The molecule has 0 N–H and O–H groups in total. The lowest BCUT2D eigenvalue weighted by Gasteiger charge is -2.40. The van der Waals surface area contributed by atoms with Gasteiger partial charge in [-0.2, -0.15) is 0 Å². The van der Waals surface area contributed by atoms with Crippen LogP contribution < -0.4 is 0 Å². The molecular formula is C9H11Br5Si2. The van der Waals surface area contributed by atoms with Crippen molar-refractivity contribution in [3.63, 3.8) is 0 Å². The van der Waals surface area contributed by atoms with Crippen LogP contribution in [0, 0.1) is 0 Å². The minimum atomic E-state index is -1.86. The summed E-state index contributed by atoms with van der Waals surface area (Å²) >= 11 is 19.2. The maximum atomic E-state index is 3.94. The molecule has 0 radical (unpaired) electrons. The molecule has 7 heteroatoms. The fraction of sp³-hybridized carbons (Fsp3) is 0.333. The van der Waals surface area contributed by atoms with Crippen molar-refractivity contribution in [2.75, 3.05) is 0 Å². The van der Waals surface area contributed by atoms with E-state index in [1.165, 1.54) is 5.56 Å². The summed E-state index contributed by atoms with van der Waals surface area (Å²) < 4.78 is -1.79. The Balaban J connectivity index is 3.22. The highest BCUT2D eigenvalue weighted by molar-refractivity contribution is 9.81. The molecule has 0 aliphatic carbocycles. The molecule has 0 amide bonds. The topological polar surface area (TPSA) is 0 Å². The average molecular weight is 575 g/mol. The van der Waals surface area contributed by atoms with Gasteiger partial charge < -0.3 is 0 Å². The Bertz CT molecular complexity index is 358. The highest BCUT2D eigenvalue weighted by Crippen LogP contribution is 2.54. The predicted octanol–water partition coefficient (Wildman–Crippen LogP) is 5.94. The van der Waals surface area contributed by atoms with E-state index in [1.807, 2.05) is 6.07 Å². The highest BCUT2D eigenvalue weighted by atomic mass is 80.0. The number of benzene rings is 1. The van der Waals surface area contributed by atoms with E-state index in [0.29, 0.717) is 0 Å². The van der Waals surface area contributed by atoms with Crippen LogP contribution in [0.2, 0.25) is 0 Å². The summed E-state index contributed by atoms with van der Waals surface area (Å²) in [7, 11) is 0. The van der Waals surface area contributed by atoms with Crippen molar-refractivity contribution in [1.82, 2.24) is 0 Å². The molecule has 1 rings (SSSR count). The van der Waals surface area contributed by atoms with Gasteiger partial charge in [0.05, 0.1) is 0 Å². The fourth-order valence-electron chi connectivity index (χ4n) is 1.39. The lowest BCUT2D eigenvalue weighted by atomic mass is 10.0. The van der Waals surface area contributed by atoms with Crippen LogP contribution in [0.5, 0.6) is 0 Å². The van der Waals surface area contributed by atoms with Crippen LogP contribution in [-0.4, -0.2) is 8.28 Å². The Morgan fingerprint density at radius 1 is 0.875 bits per heavy atom. The Morgan fingerprint density at radius 3 is 1.69 bits per heavy atom. The van der Waals surface area contributed by atoms with E-state index in [4.69, 9.17) is 0 Å². The summed E-state index contributed by atoms with van der Waals surface area (Å²) in [4.78, 5) is -1.86. The van der Waals surface area contributed by atoms with E-state index >= 15 is 0 Å². The quantitative estimate of drug-likeness (QED) is 0.310. The lowest BCUT2D eigenvalue weighted by Crippen LogP contribution is -2.55. The van der Waals surface area contributed by atoms with Crippen LogP contribution in [0.15, 0.2) is 30.3 Å². The zero-order valence-corrected chi connectivity index (χ0v) is 18.7. The van der Waals surface area contributed by atoms with Gasteiger partial charge in [0.15, 0.2) is 0 Å². The molecule has 0 fully saturated rings. The van der Waals surface area contributed by atoms with Crippen molar-refractivity contribution in [2.45, 2.75) is 18.9 Å². The standard InChI is InChI=1S/C9H11Br5Si2/c1-9(2,8-6-4-3-5-7-8)15(10,11)16(12,13)14/h3-7H,1-2H3. The first-order valence-corrected chi connectivity index (χ1v) is 20.9. The molecule has 0 atom stereocenters. The van der Waals surface area contributed by atoms with Crippen molar-refractivity contribution in [3.05, 3.63) is 35.9 Å². The average Bonchev–Trinajstić information content (AvgIpc) is 2.17. The molecular weight excluding hydrogens is 564 g/mol. The molecule has 0 saturated carbocycles. The van der Waals surface area contributed by atoms with E-state index in [0.717, 1.165) is 0 Å². The summed E-state index contributed by atoms with van der Waals surface area (Å²) in [5.41, 5.74) is 1.34. The Labute approximate surface area is 138 Å². The molecule has 0 nitrogen and oxygen atoms in total. The van der Waals surface area contributed by atoms with Crippen molar-refractivity contribution in [2.24, 2.45) is 0 Å². The van der Waals surface area contributed by atoms with E-state index in [9.17, 15) is 0 Å². The molecule has 1 aromatic carbocycles. The van der Waals surface area contributed by atoms with Crippen LogP contribution in [-0.2, 0) is 5.04 Å². The molecule has 90 valence electrons. The molecule has 0 aliphatic heterocycles. The zero-order chi connectivity index (χ0) is 12.6. The maximum absolute atomic E-state index is 3.94. The van der Waals surface area contributed by atoms with Crippen LogP contribution in [0.1, 0.15) is 19.4 Å². The van der Waals surface area contributed by atoms with Crippen LogP contribution >= 0.6 is 76.5 Å². The van der Waals surface area contributed by atoms with E-state index in [2.05, 4.69) is 115 Å². The Morgan fingerprint density at radius 2 is 1.31 bits per heavy atom. The van der Waals surface area contributed by atoms with Gasteiger partial charge in [0.25, 0.3) is 3.45 Å². The number of hydrogen-bond donors (Lipinski definition) is 0. The molecule has 0 bridgehead atoms. The molecule has 0 heterocycles.